The lowest BCUT2D eigenvalue weighted by Gasteiger charge is -2.12. The van der Waals surface area contributed by atoms with Crippen LogP contribution < -0.4 is 0 Å². The second kappa shape index (κ2) is 6.10. The molecule has 0 atom stereocenters. The van der Waals surface area contributed by atoms with Crippen LogP contribution in [0.1, 0.15) is 29.8 Å². The highest BCUT2D eigenvalue weighted by molar-refractivity contribution is 6.39. The van der Waals surface area contributed by atoms with Gasteiger partial charge in [0.25, 0.3) is 0 Å². The van der Waals surface area contributed by atoms with E-state index in [1.807, 2.05) is 18.2 Å². The summed E-state index contributed by atoms with van der Waals surface area (Å²) >= 11 is 0. The first-order valence-corrected chi connectivity index (χ1v) is 11.4. The standard InChI is InChI=1S/C29H22N2O/c1-3-30-21-15-9-7-13-19(21)24-26-23(17-11-5-6-12-18(17)29(26)32)27-25(28(24)30)20-14-8-10-16-22(20)31(27)4-2/h5-16H,3-4H2,1-2H3. The van der Waals surface area contributed by atoms with E-state index < -0.39 is 0 Å². The lowest BCUT2D eigenvalue weighted by atomic mass is 9.96. The van der Waals surface area contributed by atoms with Gasteiger partial charge >= 0.3 is 0 Å². The molecule has 0 saturated heterocycles. The highest BCUT2D eigenvalue weighted by Crippen LogP contribution is 2.51. The van der Waals surface area contributed by atoms with Crippen molar-refractivity contribution in [3.8, 4) is 11.1 Å². The van der Waals surface area contributed by atoms with E-state index in [2.05, 4.69) is 77.6 Å². The van der Waals surface area contributed by atoms with E-state index in [9.17, 15) is 4.79 Å². The molecule has 0 unspecified atom stereocenters. The van der Waals surface area contributed by atoms with E-state index in [1.165, 1.54) is 32.8 Å². The number of aryl methyl sites for hydroxylation is 2. The molecular formula is C29H22N2O. The van der Waals surface area contributed by atoms with Gasteiger partial charge in [0.05, 0.1) is 11.0 Å². The molecule has 2 aromatic heterocycles. The third-order valence-corrected chi connectivity index (χ3v) is 7.22. The number of carbonyl (C=O) groups excluding carboxylic acids is 1. The molecule has 4 aromatic carbocycles. The topological polar surface area (TPSA) is 26.9 Å². The van der Waals surface area contributed by atoms with Crippen molar-refractivity contribution in [3.63, 3.8) is 0 Å². The molecular weight excluding hydrogens is 392 g/mol. The fraction of sp³-hybridized carbons (Fsp3) is 0.138. The maximum absolute atomic E-state index is 13.9. The summed E-state index contributed by atoms with van der Waals surface area (Å²) in [4.78, 5) is 13.9. The van der Waals surface area contributed by atoms with Crippen LogP contribution >= 0.6 is 0 Å². The summed E-state index contributed by atoms with van der Waals surface area (Å²) < 4.78 is 4.80. The van der Waals surface area contributed by atoms with Crippen LogP contribution in [0.25, 0.3) is 54.7 Å². The largest absolute Gasteiger partial charge is 0.340 e. The maximum Gasteiger partial charge on any atom is 0.195 e. The second-order valence-corrected chi connectivity index (χ2v) is 8.59. The lowest BCUT2D eigenvalue weighted by molar-refractivity contribution is 0.104. The predicted molar refractivity (Wildman–Crippen MR) is 133 cm³/mol. The number of hydrogen-bond donors (Lipinski definition) is 0. The van der Waals surface area contributed by atoms with Crippen molar-refractivity contribution >= 4 is 49.4 Å². The Labute approximate surface area is 185 Å². The maximum atomic E-state index is 13.9. The molecule has 0 saturated carbocycles. The number of nitrogens with zero attached hydrogens (tertiary/aromatic N) is 2. The average Bonchev–Trinajstić information content (AvgIpc) is 3.45. The van der Waals surface area contributed by atoms with Gasteiger partial charge in [-0.2, -0.15) is 0 Å². The molecule has 0 N–H and O–H groups in total. The van der Waals surface area contributed by atoms with E-state index in [1.54, 1.807) is 0 Å². The average molecular weight is 415 g/mol. The Morgan fingerprint density at radius 1 is 0.594 bits per heavy atom. The zero-order chi connectivity index (χ0) is 21.6. The minimum atomic E-state index is 0.148. The summed E-state index contributed by atoms with van der Waals surface area (Å²) in [7, 11) is 0. The zero-order valence-electron chi connectivity index (χ0n) is 18.1. The molecule has 0 spiro atoms. The second-order valence-electron chi connectivity index (χ2n) is 8.59. The van der Waals surface area contributed by atoms with Gasteiger partial charge in [0, 0.05) is 62.4 Å². The monoisotopic (exact) mass is 414 g/mol. The zero-order valence-corrected chi connectivity index (χ0v) is 18.1. The van der Waals surface area contributed by atoms with Crippen LogP contribution in [0.5, 0.6) is 0 Å². The van der Waals surface area contributed by atoms with E-state index in [0.29, 0.717) is 0 Å². The third-order valence-electron chi connectivity index (χ3n) is 7.22. The molecule has 154 valence electrons. The molecule has 0 amide bonds. The van der Waals surface area contributed by atoms with Gasteiger partial charge in [-0.25, -0.2) is 0 Å². The lowest BCUT2D eigenvalue weighted by Crippen LogP contribution is -2.00. The Kier molecular flexibility index (Phi) is 3.39. The summed E-state index contributed by atoms with van der Waals surface area (Å²) in [6.45, 7) is 6.09. The Balaban J connectivity index is 1.92. The van der Waals surface area contributed by atoms with Gasteiger partial charge < -0.3 is 9.13 Å². The highest BCUT2D eigenvalue weighted by atomic mass is 16.1. The number of para-hydroxylation sites is 2. The van der Waals surface area contributed by atoms with Crippen LogP contribution in [-0.2, 0) is 13.1 Å². The molecule has 0 bridgehead atoms. The third kappa shape index (κ3) is 1.91. The fourth-order valence-corrected chi connectivity index (χ4v) is 6.04. The Hall–Kier alpha value is -3.85. The van der Waals surface area contributed by atoms with Crippen molar-refractivity contribution in [3.05, 3.63) is 83.9 Å². The van der Waals surface area contributed by atoms with Gasteiger partial charge in [-0.15, -0.1) is 0 Å². The van der Waals surface area contributed by atoms with Crippen molar-refractivity contribution in [2.75, 3.05) is 0 Å². The molecule has 0 fully saturated rings. The van der Waals surface area contributed by atoms with Crippen LogP contribution in [0.4, 0.5) is 0 Å². The molecule has 3 heteroatoms. The molecule has 32 heavy (non-hydrogen) atoms. The van der Waals surface area contributed by atoms with Gasteiger partial charge in [-0.1, -0.05) is 60.7 Å². The Morgan fingerprint density at radius 2 is 1.12 bits per heavy atom. The summed E-state index contributed by atoms with van der Waals surface area (Å²) in [5.41, 5.74) is 8.64. The Morgan fingerprint density at radius 3 is 1.78 bits per heavy atom. The van der Waals surface area contributed by atoms with Crippen molar-refractivity contribution in [1.82, 2.24) is 9.13 Å². The summed E-state index contributed by atoms with van der Waals surface area (Å²) in [5.74, 6) is 0.148. The predicted octanol–water partition coefficient (Wildman–Crippen LogP) is 7.15. The van der Waals surface area contributed by atoms with E-state index >= 15 is 0 Å². The quantitative estimate of drug-likeness (QED) is 0.295. The van der Waals surface area contributed by atoms with Crippen LogP contribution in [0.15, 0.2) is 72.8 Å². The minimum Gasteiger partial charge on any atom is -0.340 e. The van der Waals surface area contributed by atoms with Gasteiger partial charge in [0.1, 0.15) is 0 Å². The summed E-state index contributed by atoms with van der Waals surface area (Å²) in [6, 6.07) is 25.3. The SMILES string of the molecule is CCn1c2ccccc2c2c1c1c(c3c4ccccc4n(CC)c32)C(=O)c2ccccc2-1. The molecule has 2 heterocycles. The van der Waals surface area contributed by atoms with E-state index in [-0.39, 0.29) is 5.78 Å². The molecule has 1 aliphatic rings. The van der Waals surface area contributed by atoms with Crippen molar-refractivity contribution in [2.24, 2.45) is 0 Å². The number of rotatable bonds is 2. The number of benzene rings is 4. The van der Waals surface area contributed by atoms with Gasteiger partial charge in [0.15, 0.2) is 5.78 Å². The van der Waals surface area contributed by atoms with Gasteiger partial charge in [0.2, 0.25) is 0 Å². The Bertz CT molecular complexity index is 1760. The first kappa shape index (κ1) is 17.8. The molecule has 6 aromatic rings. The number of aromatic nitrogens is 2. The molecule has 3 nitrogen and oxygen atoms in total. The minimum absolute atomic E-state index is 0.148. The van der Waals surface area contributed by atoms with Crippen molar-refractivity contribution in [2.45, 2.75) is 26.9 Å². The normalized spacial score (nSPS) is 13.0. The van der Waals surface area contributed by atoms with Crippen molar-refractivity contribution < 1.29 is 4.79 Å². The first-order chi connectivity index (χ1) is 15.8. The fourth-order valence-electron chi connectivity index (χ4n) is 6.04. The highest BCUT2D eigenvalue weighted by Gasteiger charge is 2.35. The number of ketones is 1. The summed E-state index contributed by atoms with van der Waals surface area (Å²) in [6.07, 6.45) is 0. The van der Waals surface area contributed by atoms with Crippen molar-refractivity contribution in [1.29, 1.82) is 0 Å². The molecule has 0 radical (unpaired) electrons. The summed E-state index contributed by atoms with van der Waals surface area (Å²) in [5, 5.41) is 4.78. The number of fused-ring (bicyclic) bond motifs is 12. The van der Waals surface area contributed by atoms with Crippen LogP contribution in [0.3, 0.4) is 0 Å². The van der Waals surface area contributed by atoms with E-state index in [4.69, 9.17) is 0 Å². The smallest absolute Gasteiger partial charge is 0.195 e. The van der Waals surface area contributed by atoms with Crippen LogP contribution in [0.2, 0.25) is 0 Å². The molecule has 7 rings (SSSR count). The van der Waals surface area contributed by atoms with Crippen LogP contribution in [0, 0.1) is 0 Å². The molecule has 0 aliphatic heterocycles. The first-order valence-electron chi connectivity index (χ1n) is 11.4. The molecule has 1 aliphatic carbocycles. The van der Waals surface area contributed by atoms with Gasteiger partial charge in [-0.3, -0.25) is 4.79 Å². The van der Waals surface area contributed by atoms with E-state index in [0.717, 1.165) is 46.1 Å². The number of carbonyl (C=O) groups is 1. The van der Waals surface area contributed by atoms with Crippen LogP contribution in [-0.4, -0.2) is 14.9 Å². The van der Waals surface area contributed by atoms with Gasteiger partial charge in [-0.05, 0) is 31.5 Å². The number of hydrogen-bond acceptors (Lipinski definition) is 1.